The molecule has 0 bridgehead atoms. The van der Waals surface area contributed by atoms with E-state index in [1.165, 1.54) is 30.5 Å². The van der Waals surface area contributed by atoms with Gasteiger partial charge in [-0.2, -0.15) is 0 Å². The molecule has 1 fully saturated rings. The van der Waals surface area contributed by atoms with Gasteiger partial charge in [-0.1, -0.05) is 17.3 Å². The van der Waals surface area contributed by atoms with Crippen LogP contribution >= 0.6 is 0 Å². The minimum atomic E-state index is -0.341. The Morgan fingerprint density at radius 3 is 2.48 bits per heavy atom. The SMILES string of the molecule is O=C(CCc1conc1-c1cccc(F)c1)N1CCN(c2ccc(F)cc2)CC1. The van der Waals surface area contributed by atoms with E-state index in [1.54, 1.807) is 24.3 Å². The van der Waals surface area contributed by atoms with Crippen LogP contribution in [0.25, 0.3) is 11.3 Å². The van der Waals surface area contributed by atoms with Gasteiger partial charge in [-0.3, -0.25) is 4.79 Å². The predicted molar refractivity (Wildman–Crippen MR) is 105 cm³/mol. The Kier molecular flexibility index (Phi) is 5.55. The number of hydrogen-bond donors (Lipinski definition) is 0. The Morgan fingerprint density at radius 2 is 1.76 bits per heavy atom. The molecule has 2 aromatic carbocycles. The number of aromatic nitrogens is 1. The maximum Gasteiger partial charge on any atom is 0.223 e. The van der Waals surface area contributed by atoms with Crippen LogP contribution in [0.15, 0.2) is 59.3 Å². The summed E-state index contributed by atoms with van der Waals surface area (Å²) in [7, 11) is 0. The van der Waals surface area contributed by atoms with Crippen molar-refractivity contribution >= 4 is 11.6 Å². The molecule has 1 aliphatic rings. The van der Waals surface area contributed by atoms with Crippen LogP contribution in [0.1, 0.15) is 12.0 Å². The Balaban J connectivity index is 1.32. The molecule has 0 saturated carbocycles. The molecule has 1 amide bonds. The van der Waals surface area contributed by atoms with E-state index in [0.717, 1.165) is 11.3 Å². The lowest BCUT2D eigenvalue weighted by molar-refractivity contribution is -0.131. The molecule has 0 radical (unpaired) electrons. The van der Waals surface area contributed by atoms with Gasteiger partial charge in [0.25, 0.3) is 0 Å². The van der Waals surface area contributed by atoms with Crippen molar-refractivity contribution in [1.82, 2.24) is 10.1 Å². The van der Waals surface area contributed by atoms with Crippen LogP contribution in [-0.4, -0.2) is 42.1 Å². The number of anilines is 1. The molecule has 7 heteroatoms. The molecule has 5 nitrogen and oxygen atoms in total. The average molecular weight is 397 g/mol. The van der Waals surface area contributed by atoms with Crippen molar-refractivity contribution in [2.24, 2.45) is 0 Å². The number of carbonyl (C=O) groups excluding carboxylic acids is 1. The number of benzene rings is 2. The Hall–Kier alpha value is -3.22. The molecule has 2 heterocycles. The number of hydrogen-bond acceptors (Lipinski definition) is 4. The summed E-state index contributed by atoms with van der Waals surface area (Å²) in [4.78, 5) is 16.6. The van der Waals surface area contributed by atoms with Gasteiger partial charge in [-0.05, 0) is 42.8 Å². The third-order valence-corrected chi connectivity index (χ3v) is 5.17. The van der Waals surface area contributed by atoms with Gasteiger partial charge in [0.1, 0.15) is 23.6 Å². The molecule has 1 aromatic heterocycles. The normalized spacial score (nSPS) is 14.3. The maximum absolute atomic E-state index is 13.5. The van der Waals surface area contributed by atoms with Crippen molar-refractivity contribution in [3.63, 3.8) is 0 Å². The van der Waals surface area contributed by atoms with E-state index in [9.17, 15) is 13.6 Å². The number of rotatable bonds is 5. The van der Waals surface area contributed by atoms with Crippen LogP contribution in [0.4, 0.5) is 14.5 Å². The second kappa shape index (κ2) is 8.43. The van der Waals surface area contributed by atoms with Crippen molar-refractivity contribution in [1.29, 1.82) is 0 Å². The van der Waals surface area contributed by atoms with Crippen LogP contribution in [0.5, 0.6) is 0 Å². The number of nitrogens with zero attached hydrogens (tertiary/aromatic N) is 3. The highest BCUT2D eigenvalue weighted by molar-refractivity contribution is 5.77. The molecule has 0 spiro atoms. The monoisotopic (exact) mass is 397 g/mol. The van der Waals surface area contributed by atoms with Gasteiger partial charge in [0.05, 0.1) is 0 Å². The van der Waals surface area contributed by atoms with E-state index in [4.69, 9.17) is 4.52 Å². The number of halogens is 2. The third-order valence-electron chi connectivity index (χ3n) is 5.17. The zero-order valence-corrected chi connectivity index (χ0v) is 15.9. The summed E-state index contributed by atoms with van der Waals surface area (Å²) in [5.41, 5.74) is 2.95. The van der Waals surface area contributed by atoms with E-state index in [-0.39, 0.29) is 17.5 Å². The number of carbonyl (C=O) groups is 1. The quantitative estimate of drug-likeness (QED) is 0.655. The fourth-order valence-corrected chi connectivity index (χ4v) is 3.57. The predicted octanol–water partition coefficient (Wildman–Crippen LogP) is 3.90. The Labute approximate surface area is 167 Å². The van der Waals surface area contributed by atoms with Gasteiger partial charge in [0.2, 0.25) is 5.91 Å². The molecule has 1 aliphatic heterocycles. The van der Waals surface area contributed by atoms with E-state index >= 15 is 0 Å². The summed E-state index contributed by atoms with van der Waals surface area (Å²) in [6.07, 6.45) is 2.33. The summed E-state index contributed by atoms with van der Waals surface area (Å²) < 4.78 is 31.6. The fraction of sp³-hybridized carbons (Fsp3) is 0.273. The average Bonchev–Trinajstić information content (AvgIpc) is 3.21. The zero-order chi connectivity index (χ0) is 20.2. The van der Waals surface area contributed by atoms with Crippen molar-refractivity contribution in [2.75, 3.05) is 31.1 Å². The zero-order valence-electron chi connectivity index (χ0n) is 15.9. The maximum atomic E-state index is 13.5. The summed E-state index contributed by atoms with van der Waals surface area (Å²) in [6, 6.07) is 12.6. The van der Waals surface area contributed by atoms with E-state index < -0.39 is 0 Å². The molecular formula is C22H21F2N3O2. The van der Waals surface area contributed by atoms with Crippen LogP contribution in [-0.2, 0) is 11.2 Å². The van der Waals surface area contributed by atoms with Crippen LogP contribution in [0.2, 0.25) is 0 Å². The van der Waals surface area contributed by atoms with Crippen molar-refractivity contribution in [2.45, 2.75) is 12.8 Å². The first-order valence-electron chi connectivity index (χ1n) is 9.57. The Bertz CT molecular complexity index is 980. The number of amides is 1. The van der Waals surface area contributed by atoms with E-state index in [0.29, 0.717) is 50.3 Å². The summed E-state index contributed by atoms with van der Waals surface area (Å²) in [6.45, 7) is 2.66. The second-order valence-electron chi connectivity index (χ2n) is 7.04. The highest BCUT2D eigenvalue weighted by atomic mass is 19.1. The molecule has 0 N–H and O–H groups in total. The van der Waals surface area contributed by atoms with Gasteiger partial charge < -0.3 is 14.3 Å². The molecule has 3 aromatic rings. The second-order valence-corrected chi connectivity index (χ2v) is 7.04. The fourth-order valence-electron chi connectivity index (χ4n) is 3.57. The Morgan fingerprint density at radius 1 is 1.00 bits per heavy atom. The number of piperazine rings is 1. The molecule has 150 valence electrons. The largest absolute Gasteiger partial charge is 0.368 e. The first-order valence-corrected chi connectivity index (χ1v) is 9.57. The van der Waals surface area contributed by atoms with Gasteiger partial charge in [-0.25, -0.2) is 8.78 Å². The van der Waals surface area contributed by atoms with Gasteiger partial charge >= 0.3 is 0 Å². The molecule has 0 atom stereocenters. The molecule has 0 aliphatic carbocycles. The van der Waals surface area contributed by atoms with Crippen LogP contribution in [0.3, 0.4) is 0 Å². The van der Waals surface area contributed by atoms with Crippen LogP contribution < -0.4 is 4.90 Å². The lowest BCUT2D eigenvalue weighted by Gasteiger charge is -2.36. The van der Waals surface area contributed by atoms with Crippen molar-refractivity contribution < 1.29 is 18.1 Å². The smallest absolute Gasteiger partial charge is 0.223 e. The van der Waals surface area contributed by atoms with Gasteiger partial charge in [0.15, 0.2) is 0 Å². The van der Waals surface area contributed by atoms with Crippen LogP contribution in [0, 0.1) is 11.6 Å². The molecule has 4 rings (SSSR count). The molecular weight excluding hydrogens is 376 g/mol. The van der Waals surface area contributed by atoms with Gasteiger partial charge in [0, 0.05) is 49.4 Å². The van der Waals surface area contributed by atoms with E-state index in [1.807, 2.05) is 4.90 Å². The molecule has 0 unspecified atom stereocenters. The topological polar surface area (TPSA) is 49.6 Å². The van der Waals surface area contributed by atoms with Crippen molar-refractivity contribution in [3.05, 3.63) is 72.0 Å². The molecule has 29 heavy (non-hydrogen) atoms. The minimum absolute atomic E-state index is 0.0650. The lowest BCUT2D eigenvalue weighted by atomic mass is 10.0. The first-order chi connectivity index (χ1) is 14.1. The third kappa shape index (κ3) is 4.45. The van der Waals surface area contributed by atoms with Crippen molar-refractivity contribution in [3.8, 4) is 11.3 Å². The highest BCUT2D eigenvalue weighted by Crippen LogP contribution is 2.24. The van der Waals surface area contributed by atoms with Gasteiger partial charge in [-0.15, -0.1) is 0 Å². The standard InChI is InChI=1S/C22H21F2N3O2/c23-18-5-7-20(8-6-18)26-10-12-27(13-11-26)21(28)9-4-17-15-29-25-22(17)16-2-1-3-19(24)14-16/h1-3,5-8,14-15H,4,9-13H2. The minimum Gasteiger partial charge on any atom is -0.368 e. The highest BCUT2D eigenvalue weighted by Gasteiger charge is 2.22. The summed E-state index contributed by atoms with van der Waals surface area (Å²) >= 11 is 0. The molecule has 1 saturated heterocycles. The number of aryl methyl sites for hydroxylation is 1. The lowest BCUT2D eigenvalue weighted by Crippen LogP contribution is -2.48. The van der Waals surface area contributed by atoms with E-state index in [2.05, 4.69) is 10.1 Å². The first kappa shape index (κ1) is 19.1. The summed E-state index contributed by atoms with van der Waals surface area (Å²) in [5, 5.41) is 3.97. The summed E-state index contributed by atoms with van der Waals surface area (Å²) in [5.74, 6) is -0.532.